The van der Waals surface area contributed by atoms with Gasteiger partial charge in [0.15, 0.2) is 5.96 Å². The number of nitrogens with one attached hydrogen (secondary N) is 2. The molecule has 2 N–H and O–H groups in total. The van der Waals surface area contributed by atoms with Gasteiger partial charge in [0.05, 0.1) is 24.9 Å². The number of hydrogen-bond acceptors (Lipinski definition) is 6. The van der Waals surface area contributed by atoms with Gasteiger partial charge < -0.3 is 20.1 Å². The third-order valence-corrected chi connectivity index (χ3v) is 5.93. The van der Waals surface area contributed by atoms with E-state index >= 15 is 0 Å². The molecule has 0 radical (unpaired) electrons. The number of aromatic nitrogens is 1. The van der Waals surface area contributed by atoms with Crippen LogP contribution < -0.4 is 10.6 Å². The van der Waals surface area contributed by atoms with Crippen molar-refractivity contribution in [3.05, 3.63) is 51.5 Å². The summed E-state index contributed by atoms with van der Waals surface area (Å²) >= 11 is 1.36. The number of aryl methyl sites for hydroxylation is 1. The highest BCUT2D eigenvalue weighted by molar-refractivity contribution is 14.0. The lowest BCUT2D eigenvalue weighted by Gasteiger charge is -2.16. The van der Waals surface area contributed by atoms with E-state index in [1.165, 1.54) is 16.9 Å². The molecule has 1 heterocycles. The fourth-order valence-corrected chi connectivity index (χ4v) is 3.89. The third kappa shape index (κ3) is 9.83. The number of nitrogens with zero attached hydrogens (tertiary/aromatic N) is 2. The first-order valence-corrected chi connectivity index (χ1v) is 11.6. The molecule has 0 saturated heterocycles. The van der Waals surface area contributed by atoms with E-state index in [0.29, 0.717) is 23.1 Å². The second-order valence-corrected chi connectivity index (χ2v) is 8.14. The van der Waals surface area contributed by atoms with Gasteiger partial charge in [-0.1, -0.05) is 30.3 Å². The summed E-state index contributed by atoms with van der Waals surface area (Å²) in [5.41, 5.74) is 2.00. The number of rotatable bonds is 12. The number of carbonyl (C=O) groups is 1. The molecular weight excluding hydrogens is 539 g/mol. The molecule has 0 amide bonds. The van der Waals surface area contributed by atoms with Crippen LogP contribution in [-0.2, 0) is 15.9 Å². The van der Waals surface area contributed by atoms with Crippen molar-refractivity contribution in [2.75, 3.05) is 33.4 Å². The summed E-state index contributed by atoms with van der Waals surface area (Å²) in [5.74, 6) is 0.396. The zero-order valence-electron chi connectivity index (χ0n) is 19.3. The van der Waals surface area contributed by atoms with Crippen molar-refractivity contribution in [1.82, 2.24) is 15.6 Å². The second kappa shape index (κ2) is 16.0. The molecule has 0 spiro atoms. The molecule has 1 aromatic carbocycles. The summed E-state index contributed by atoms with van der Waals surface area (Å²) in [6.45, 7) is 8.29. The lowest BCUT2D eigenvalue weighted by atomic mass is 10.2. The predicted molar refractivity (Wildman–Crippen MR) is 141 cm³/mol. The van der Waals surface area contributed by atoms with Gasteiger partial charge in [-0.15, -0.1) is 35.3 Å². The van der Waals surface area contributed by atoms with Crippen molar-refractivity contribution in [2.45, 2.75) is 46.1 Å². The molecule has 1 atom stereocenters. The number of aliphatic imine (C=N–C) groups is 1. The summed E-state index contributed by atoms with van der Waals surface area (Å²) in [5, 5.41) is 7.48. The number of guanidine groups is 1. The predicted octanol–water partition coefficient (Wildman–Crippen LogP) is 4.51. The van der Waals surface area contributed by atoms with E-state index in [1.54, 1.807) is 14.0 Å². The van der Waals surface area contributed by atoms with Crippen LogP contribution in [0.25, 0.3) is 0 Å². The first-order chi connectivity index (χ1) is 15.0. The topological polar surface area (TPSA) is 84.8 Å². The van der Waals surface area contributed by atoms with Gasteiger partial charge in [-0.25, -0.2) is 9.78 Å². The van der Waals surface area contributed by atoms with Gasteiger partial charge in [-0.2, -0.15) is 0 Å². The molecule has 0 fully saturated rings. The number of benzene rings is 1. The SMILES string of the molecule is CCOC(=O)c1sc(C(C)NC(=NC)NCCCCOCCc2ccccc2)nc1C.I. The fraction of sp³-hybridized carbons (Fsp3) is 0.522. The van der Waals surface area contributed by atoms with Crippen molar-refractivity contribution in [3.63, 3.8) is 0 Å². The maximum Gasteiger partial charge on any atom is 0.350 e. The van der Waals surface area contributed by atoms with E-state index in [-0.39, 0.29) is 36.0 Å². The van der Waals surface area contributed by atoms with Crippen molar-refractivity contribution in [1.29, 1.82) is 0 Å². The fourth-order valence-electron chi connectivity index (χ4n) is 2.92. The Morgan fingerprint density at radius 3 is 2.66 bits per heavy atom. The normalized spacial score (nSPS) is 12.1. The Morgan fingerprint density at radius 2 is 1.97 bits per heavy atom. The van der Waals surface area contributed by atoms with Crippen LogP contribution in [-0.4, -0.2) is 50.3 Å². The number of ether oxygens (including phenoxy) is 2. The smallest absolute Gasteiger partial charge is 0.350 e. The van der Waals surface area contributed by atoms with E-state index in [1.807, 2.05) is 19.9 Å². The quantitative estimate of drug-likeness (QED) is 0.128. The van der Waals surface area contributed by atoms with Crippen LogP contribution >= 0.6 is 35.3 Å². The first kappa shape index (κ1) is 28.3. The monoisotopic (exact) mass is 574 g/mol. The minimum absolute atomic E-state index is 0. The zero-order valence-corrected chi connectivity index (χ0v) is 22.5. The molecule has 178 valence electrons. The van der Waals surface area contributed by atoms with Crippen LogP contribution in [0.2, 0.25) is 0 Å². The Balaban J connectivity index is 0.00000512. The number of halogens is 1. The summed E-state index contributed by atoms with van der Waals surface area (Å²) in [4.78, 5) is 21.4. The average Bonchev–Trinajstić information content (AvgIpc) is 3.17. The van der Waals surface area contributed by atoms with Gasteiger partial charge in [0, 0.05) is 20.2 Å². The highest BCUT2D eigenvalue weighted by atomic mass is 127. The number of carbonyl (C=O) groups excluding carboxylic acids is 1. The lowest BCUT2D eigenvalue weighted by molar-refractivity contribution is 0.0531. The molecule has 0 bridgehead atoms. The van der Waals surface area contributed by atoms with Crippen LogP contribution in [0, 0.1) is 6.92 Å². The number of esters is 1. The summed E-state index contributed by atoms with van der Waals surface area (Å²) in [6, 6.07) is 10.3. The summed E-state index contributed by atoms with van der Waals surface area (Å²) < 4.78 is 10.8. The Labute approximate surface area is 212 Å². The molecule has 0 aliphatic carbocycles. The zero-order chi connectivity index (χ0) is 22.5. The first-order valence-electron chi connectivity index (χ1n) is 10.8. The Hall–Kier alpha value is -1.72. The van der Waals surface area contributed by atoms with Crippen molar-refractivity contribution < 1.29 is 14.3 Å². The standard InChI is InChI=1S/C23H34N4O3S.HI/c1-5-30-22(28)20-17(2)26-21(31-20)18(3)27-23(24-4)25-14-9-10-15-29-16-13-19-11-7-6-8-12-19;/h6-8,11-12,18H,5,9-10,13-16H2,1-4H3,(H2,24,25,27);1H. The molecule has 9 heteroatoms. The minimum atomic E-state index is -0.315. The van der Waals surface area contributed by atoms with E-state index in [2.05, 4.69) is 44.9 Å². The van der Waals surface area contributed by atoms with Crippen LogP contribution in [0.5, 0.6) is 0 Å². The number of thiazole rings is 1. The molecule has 0 saturated carbocycles. The van der Waals surface area contributed by atoms with Crippen molar-refractivity contribution >= 4 is 47.2 Å². The van der Waals surface area contributed by atoms with E-state index in [4.69, 9.17) is 9.47 Å². The van der Waals surface area contributed by atoms with Crippen molar-refractivity contribution in [3.8, 4) is 0 Å². The van der Waals surface area contributed by atoms with E-state index in [9.17, 15) is 4.79 Å². The van der Waals surface area contributed by atoms with Crippen LogP contribution in [0.1, 0.15) is 58.7 Å². The van der Waals surface area contributed by atoms with E-state index < -0.39 is 0 Å². The van der Waals surface area contributed by atoms with Gasteiger partial charge in [0.2, 0.25) is 0 Å². The highest BCUT2D eigenvalue weighted by Crippen LogP contribution is 2.24. The Morgan fingerprint density at radius 1 is 1.22 bits per heavy atom. The second-order valence-electron chi connectivity index (χ2n) is 7.11. The third-order valence-electron chi connectivity index (χ3n) is 4.61. The molecule has 0 aliphatic rings. The van der Waals surface area contributed by atoms with Gasteiger partial charge in [-0.3, -0.25) is 4.99 Å². The van der Waals surface area contributed by atoms with Gasteiger partial charge in [0.25, 0.3) is 0 Å². The summed E-state index contributed by atoms with van der Waals surface area (Å²) in [7, 11) is 1.74. The largest absolute Gasteiger partial charge is 0.462 e. The molecule has 0 aliphatic heterocycles. The van der Waals surface area contributed by atoms with E-state index in [0.717, 1.165) is 44.0 Å². The number of unbranched alkanes of at least 4 members (excludes halogenated alkanes) is 1. The molecule has 7 nitrogen and oxygen atoms in total. The molecule has 2 aromatic rings. The highest BCUT2D eigenvalue weighted by Gasteiger charge is 2.20. The van der Waals surface area contributed by atoms with Gasteiger partial charge in [0.1, 0.15) is 9.88 Å². The van der Waals surface area contributed by atoms with Crippen LogP contribution in [0.4, 0.5) is 0 Å². The number of hydrogen-bond donors (Lipinski definition) is 2. The molecule has 32 heavy (non-hydrogen) atoms. The lowest BCUT2D eigenvalue weighted by Crippen LogP contribution is -2.39. The Bertz CT molecular complexity index is 830. The van der Waals surface area contributed by atoms with Gasteiger partial charge >= 0.3 is 5.97 Å². The maximum absolute atomic E-state index is 12.0. The van der Waals surface area contributed by atoms with Crippen molar-refractivity contribution in [2.24, 2.45) is 4.99 Å². The van der Waals surface area contributed by atoms with Crippen LogP contribution in [0.15, 0.2) is 35.3 Å². The minimum Gasteiger partial charge on any atom is -0.462 e. The summed E-state index contributed by atoms with van der Waals surface area (Å²) in [6.07, 6.45) is 2.92. The van der Waals surface area contributed by atoms with Gasteiger partial charge in [-0.05, 0) is 45.6 Å². The molecular formula is C23H35IN4O3S. The molecule has 1 unspecified atom stereocenters. The van der Waals surface area contributed by atoms with Crippen LogP contribution in [0.3, 0.4) is 0 Å². The molecule has 1 aromatic heterocycles. The maximum atomic E-state index is 12.0. The molecule has 2 rings (SSSR count). The average molecular weight is 575 g/mol. The Kier molecular flexibility index (Phi) is 14.1.